The highest BCUT2D eigenvalue weighted by atomic mass is 16.6. The second-order valence-electron chi connectivity index (χ2n) is 8.45. The van der Waals surface area contributed by atoms with Gasteiger partial charge in [0.15, 0.2) is 0 Å². The van der Waals surface area contributed by atoms with E-state index in [2.05, 4.69) is 13.8 Å². The van der Waals surface area contributed by atoms with Crippen LogP contribution in [0.25, 0.3) is 0 Å². The van der Waals surface area contributed by atoms with Crippen LogP contribution >= 0.6 is 0 Å². The summed E-state index contributed by atoms with van der Waals surface area (Å²) in [4.78, 5) is 0. The van der Waals surface area contributed by atoms with Crippen molar-refractivity contribution >= 4 is 0 Å². The van der Waals surface area contributed by atoms with Gasteiger partial charge in [-0.1, -0.05) is 88.7 Å². The van der Waals surface area contributed by atoms with E-state index in [1.165, 1.54) is 6.42 Å². The van der Waals surface area contributed by atoms with Crippen LogP contribution in [-0.2, 0) is 14.2 Å². The Bertz CT molecular complexity index is 788. The molecule has 3 aromatic carbocycles. The minimum absolute atomic E-state index is 0.343. The largest absolute Gasteiger partial charge is 0.491 e. The molecule has 0 saturated carbocycles. The maximum atomic E-state index is 5.40. The van der Waals surface area contributed by atoms with Gasteiger partial charge < -0.3 is 28.4 Å². The first kappa shape index (κ1) is 31.2. The van der Waals surface area contributed by atoms with Crippen LogP contribution < -0.4 is 14.2 Å². The molecule has 3 saturated heterocycles. The monoisotopic (exact) mass is 524 g/mol. The zero-order valence-electron chi connectivity index (χ0n) is 23.3. The molecule has 3 heterocycles. The fraction of sp³-hybridized carbons (Fsp3) is 0.438. The molecular formula is C32H44O6. The summed E-state index contributed by atoms with van der Waals surface area (Å²) in [5.41, 5.74) is 0. The predicted octanol–water partition coefficient (Wildman–Crippen LogP) is 6.84. The number of epoxide rings is 3. The van der Waals surface area contributed by atoms with Gasteiger partial charge in [-0.3, -0.25) is 0 Å². The van der Waals surface area contributed by atoms with Crippen LogP contribution in [0, 0.1) is 0 Å². The molecule has 3 aliphatic rings. The molecule has 3 fully saturated rings. The first-order valence-corrected chi connectivity index (χ1v) is 13.6. The second kappa shape index (κ2) is 20.0. The van der Waals surface area contributed by atoms with E-state index in [1.807, 2.05) is 105 Å². The molecule has 6 rings (SSSR count). The van der Waals surface area contributed by atoms with E-state index in [-0.39, 0.29) is 0 Å². The summed E-state index contributed by atoms with van der Waals surface area (Å²) in [6.45, 7) is 12.9. The summed E-state index contributed by atoms with van der Waals surface area (Å²) in [6, 6.07) is 29.4. The van der Waals surface area contributed by atoms with Gasteiger partial charge in [-0.25, -0.2) is 0 Å². The van der Waals surface area contributed by atoms with Crippen molar-refractivity contribution in [2.24, 2.45) is 0 Å². The van der Waals surface area contributed by atoms with Crippen molar-refractivity contribution in [2.75, 3.05) is 39.6 Å². The van der Waals surface area contributed by atoms with Crippen molar-refractivity contribution < 1.29 is 28.4 Å². The Morgan fingerprint density at radius 1 is 0.500 bits per heavy atom. The van der Waals surface area contributed by atoms with Gasteiger partial charge in [0.05, 0.1) is 19.8 Å². The summed E-state index contributed by atoms with van der Waals surface area (Å²) in [7, 11) is 0. The first-order valence-electron chi connectivity index (χ1n) is 13.6. The van der Waals surface area contributed by atoms with Crippen molar-refractivity contribution in [1.29, 1.82) is 0 Å². The predicted molar refractivity (Wildman–Crippen MR) is 152 cm³/mol. The Labute approximate surface area is 228 Å². The fourth-order valence-electron chi connectivity index (χ4n) is 2.61. The average Bonchev–Trinajstić information content (AvgIpc) is 3.84. The molecule has 0 aliphatic carbocycles. The van der Waals surface area contributed by atoms with Gasteiger partial charge in [-0.2, -0.15) is 0 Å². The molecule has 6 heteroatoms. The fourth-order valence-corrected chi connectivity index (χ4v) is 2.61. The van der Waals surface area contributed by atoms with E-state index in [1.54, 1.807) is 0 Å². The lowest BCUT2D eigenvalue weighted by Crippen LogP contribution is -2.03. The number of hydrogen-bond donors (Lipinski definition) is 0. The second-order valence-corrected chi connectivity index (χ2v) is 8.45. The zero-order valence-corrected chi connectivity index (χ0v) is 23.3. The first-order chi connectivity index (χ1) is 18.8. The van der Waals surface area contributed by atoms with Gasteiger partial charge in [-0.05, 0) is 36.4 Å². The lowest BCUT2D eigenvalue weighted by Gasteiger charge is -2.01. The van der Waals surface area contributed by atoms with E-state index < -0.39 is 0 Å². The SMILES string of the molecule is CC.CCC.c1ccc(OCC2CO2)cc1.c1ccc(OCC2CO2)cc1.c1ccc(OCC2CO2)cc1. The van der Waals surface area contributed by atoms with E-state index in [0.717, 1.165) is 37.1 Å². The minimum atomic E-state index is 0.343. The highest BCUT2D eigenvalue weighted by molar-refractivity contribution is 5.22. The highest BCUT2D eigenvalue weighted by Gasteiger charge is 2.24. The number of hydrogen-bond acceptors (Lipinski definition) is 6. The lowest BCUT2D eigenvalue weighted by atomic mass is 10.3. The number of para-hydroxylation sites is 3. The van der Waals surface area contributed by atoms with Gasteiger partial charge in [-0.15, -0.1) is 0 Å². The summed E-state index contributed by atoms with van der Waals surface area (Å²) < 4.78 is 31.2. The van der Waals surface area contributed by atoms with Crippen molar-refractivity contribution in [3.05, 3.63) is 91.0 Å². The highest BCUT2D eigenvalue weighted by Crippen LogP contribution is 2.15. The van der Waals surface area contributed by atoms with Gasteiger partial charge in [0, 0.05) is 0 Å². The Hall–Kier alpha value is -3.06. The Morgan fingerprint density at radius 2 is 0.711 bits per heavy atom. The molecule has 3 aliphatic heterocycles. The van der Waals surface area contributed by atoms with Crippen LogP contribution in [0.3, 0.4) is 0 Å². The molecule has 0 bridgehead atoms. The van der Waals surface area contributed by atoms with Gasteiger partial charge in [0.2, 0.25) is 0 Å². The van der Waals surface area contributed by atoms with Crippen LogP contribution in [0.1, 0.15) is 34.1 Å². The topological polar surface area (TPSA) is 65.3 Å². The molecule has 0 aromatic heterocycles. The van der Waals surface area contributed by atoms with E-state index in [9.17, 15) is 0 Å². The van der Waals surface area contributed by atoms with Gasteiger partial charge in [0.1, 0.15) is 55.4 Å². The molecule has 3 atom stereocenters. The molecule has 0 amide bonds. The maximum absolute atomic E-state index is 5.40. The number of benzene rings is 3. The van der Waals surface area contributed by atoms with E-state index in [0.29, 0.717) is 38.1 Å². The summed E-state index contributed by atoms with van der Waals surface area (Å²) in [5.74, 6) is 2.76. The standard InChI is InChI=1S/3C9H10O2.C3H8.C2H6/c3*1-2-4-8(5-3-1)10-6-9-7-11-9;1-3-2;1-2/h3*1-5,9H,6-7H2;3H2,1-2H3;1-2H3. The van der Waals surface area contributed by atoms with Crippen LogP contribution in [0.15, 0.2) is 91.0 Å². The zero-order chi connectivity index (χ0) is 27.3. The van der Waals surface area contributed by atoms with Gasteiger partial charge >= 0.3 is 0 Å². The minimum Gasteiger partial charge on any atom is -0.491 e. The quantitative estimate of drug-likeness (QED) is 0.286. The Kier molecular flexibility index (Phi) is 16.4. The van der Waals surface area contributed by atoms with Crippen LogP contribution in [0.5, 0.6) is 17.2 Å². The van der Waals surface area contributed by atoms with Crippen LogP contribution in [0.4, 0.5) is 0 Å². The van der Waals surface area contributed by atoms with Crippen molar-refractivity contribution in [3.8, 4) is 17.2 Å². The molecular weight excluding hydrogens is 480 g/mol. The molecule has 38 heavy (non-hydrogen) atoms. The third kappa shape index (κ3) is 16.6. The Morgan fingerprint density at radius 3 is 0.895 bits per heavy atom. The van der Waals surface area contributed by atoms with E-state index >= 15 is 0 Å². The van der Waals surface area contributed by atoms with Crippen LogP contribution in [0.2, 0.25) is 0 Å². The molecule has 0 spiro atoms. The third-order valence-electron chi connectivity index (χ3n) is 4.74. The van der Waals surface area contributed by atoms with Crippen molar-refractivity contribution in [1.82, 2.24) is 0 Å². The molecule has 0 N–H and O–H groups in total. The molecule has 6 nitrogen and oxygen atoms in total. The third-order valence-corrected chi connectivity index (χ3v) is 4.74. The number of ether oxygens (including phenoxy) is 6. The summed E-state index contributed by atoms with van der Waals surface area (Å²) in [6.07, 6.45) is 2.28. The smallest absolute Gasteiger partial charge is 0.119 e. The van der Waals surface area contributed by atoms with Crippen molar-refractivity contribution in [3.63, 3.8) is 0 Å². The van der Waals surface area contributed by atoms with Crippen molar-refractivity contribution in [2.45, 2.75) is 52.4 Å². The normalized spacial score (nSPS) is 19.1. The molecule has 3 unspecified atom stereocenters. The Balaban J connectivity index is 0.000000184. The number of rotatable bonds is 9. The summed E-state index contributed by atoms with van der Waals surface area (Å²) >= 11 is 0. The molecule has 0 radical (unpaired) electrons. The lowest BCUT2D eigenvalue weighted by molar-refractivity contribution is 0.263. The molecule has 3 aromatic rings. The summed E-state index contributed by atoms with van der Waals surface area (Å²) in [5, 5.41) is 0. The van der Waals surface area contributed by atoms with Gasteiger partial charge in [0.25, 0.3) is 0 Å². The van der Waals surface area contributed by atoms with E-state index in [4.69, 9.17) is 28.4 Å². The van der Waals surface area contributed by atoms with Crippen LogP contribution in [-0.4, -0.2) is 58.0 Å². The average molecular weight is 525 g/mol. The maximum Gasteiger partial charge on any atom is 0.119 e. The molecule has 208 valence electrons.